The number of para-hydroxylation sites is 1. The Hall–Kier alpha value is -0.670. The zero-order valence-corrected chi connectivity index (χ0v) is 11.0. The van der Waals surface area contributed by atoms with Crippen LogP contribution in [0.5, 0.6) is 0 Å². The molecular formula is C11H10InNO. The maximum absolute atomic E-state index is 5.78. The molecule has 2 nitrogen and oxygen atoms in total. The number of rotatable bonds is 1. The zero-order valence-electron chi connectivity index (χ0n) is 7.73. The topological polar surface area (TPSA) is 25.0 Å². The van der Waals surface area contributed by atoms with Gasteiger partial charge in [-0.25, -0.2) is 0 Å². The third-order valence-corrected chi connectivity index (χ3v) is 9.07. The molecule has 0 spiro atoms. The first-order valence-electron chi connectivity index (χ1n) is 4.79. The molecule has 1 aliphatic heterocycles. The molecule has 1 aromatic carbocycles. The summed E-state index contributed by atoms with van der Waals surface area (Å²) in [5.74, 6) is 0. The van der Waals surface area contributed by atoms with Crippen LogP contribution in [0.4, 0.5) is 0 Å². The Labute approximate surface area is 90.7 Å². The maximum atomic E-state index is 5.78. The summed E-state index contributed by atoms with van der Waals surface area (Å²) in [5, 5.41) is 1.35. The summed E-state index contributed by atoms with van der Waals surface area (Å²) in [6.07, 6.45) is 4.28. The number of nitrogens with one attached hydrogen (secondary N) is 1. The van der Waals surface area contributed by atoms with Gasteiger partial charge in [0.2, 0.25) is 0 Å². The average molecular weight is 287 g/mol. The SMILES string of the molecule is C1=[CH][In]([c]2c[nH]c3ccccc23)[O]C1. The van der Waals surface area contributed by atoms with Gasteiger partial charge in [0.05, 0.1) is 0 Å². The van der Waals surface area contributed by atoms with E-state index in [0.717, 1.165) is 6.61 Å². The predicted molar refractivity (Wildman–Crippen MR) is 58.8 cm³/mol. The van der Waals surface area contributed by atoms with E-state index in [9.17, 15) is 0 Å². The predicted octanol–water partition coefficient (Wildman–Crippen LogP) is 1.49. The van der Waals surface area contributed by atoms with Gasteiger partial charge in [-0.15, -0.1) is 0 Å². The van der Waals surface area contributed by atoms with Crippen molar-refractivity contribution in [2.45, 2.75) is 0 Å². The van der Waals surface area contributed by atoms with Crippen molar-refractivity contribution in [1.82, 2.24) is 4.98 Å². The second-order valence-electron chi connectivity index (χ2n) is 3.47. The van der Waals surface area contributed by atoms with Crippen molar-refractivity contribution in [3.63, 3.8) is 0 Å². The molecule has 1 aromatic heterocycles. The number of aromatic nitrogens is 1. The van der Waals surface area contributed by atoms with Crippen LogP contribution in [0.2, 0.25) is 0 Å². The number of hydrogen-bond donors (Lipinski definition) is 1. The van der Waals surface area contributed by atoms with Crippen molar-refractivity contribution in [3.8, 4) is 0 Å². The summed E-state index contributed by atoms with van der Waals surface area (Å²) in [4.78, 5) is 3.30. The Morgan fingerprint density at radius 3 is 3.07 bits per heavy atom. The monoisotopic (exact) mass is 287 g/mol. The molecule has 3 heteroatoms. The average Bonchev–Trinajstić information content (AvgIpc) is 2.85. The van der Waals surface area contributed by atoms with E-state index in [-0.39, 0.29) is 0 Å². The van der Waals surface area contributed by atoms with Gasteiger partial charge < -0.3 is 0 Å². The van der Waals surface area contributed by atoms with Gasteiger partial charge in [0.1, 0.15) is 0 Å². The molecule has 1 aliphatic rings. The molecule has 0 unspecified atom stereocenters. The van der Waals surface area contributed by atoms with Crippen molar-refractivity contribution >= 4 is 36.1 Å². The van der Waals surface area contributed by atoms with E-state index in [4.69, 9.17) is 2.85 Å². The zero-order chi connectivity index (χ0) is 9.38. The summed E-state index contributed by atoms with van der Waals surface area (Å²) in [5.41, 5.74) is 1.23. The molecule has 0 amide bonds. The minimum absolute atomic E-state index is 0.820. The summed E-state index contributed by atoms with van der Waals surface area (Å²) in [6, 6.07) is 8.44. The van der Waals surface area contributed by atoms with E-state index in [1.807, 2.05) is 0 Å². The normalized spacial score (nSPS) is 15.6. The van der Waals surface area contributed by atoms with Crippen LogP contribution in [0, 0.1) is 0 Å². The molecule has 0 bridgehead atoms. The fourth-order valence-electron chi connectivity index (χ4n) is 1.92. The van der Waals surface area contributed by atoms with E-state index in [1.165, 1.54) is 14.2 Å². The van der Waals surface area contributed by atoms with Crippen molar-refractivity contribution in [3.05, 3.63) is 40.4 Å². The van der Waals surface area contributed by atoms with Gasteiger partial charge in [-0.3, -0.25) is 0 Å². The Morgan fingerprint density at radius 2 is 2.21 bits per heavy atom. The molecule has 2 aromatic rings. The van der Waals surface area contributed by atoms with Gasteiger partial charge in [-0.2, -0.15) is 0 Å². The molecule has 0 fully saturated rings. The Balaban J connectivity index is 2.16. The molecule has 1 N–H and O–H groups in total. The van der Waals surface area contributed by atoms with Gasteiger partial charge in [0.15, 0.2) is 0 Å². The van der Waals surface area contributed by atoms with Crippen LogP contribution in [0.25, 0.3) is 10.9 Å². The third kappa shape index (κ3) is 1.31. The summed E-state index contributed by atoms with van der Waals surface area (Å²) < 4.78 is 9.54. The van der Waals surface area contributed by atoms with E-state index in [1.54, 1.807) is 0 Å². The molecule has 0 atom stereocenters. The van der Waals surface area contributed by atoms with Gasteiger partial charge >= 0.3 is 90.9 Å². The second kappa shape index (κ2) is 3.48. The van der Waals surface area contributed by atoms with Crippen LogP contribution in [-0.4, -0.2) is 33.5 Å². The second-order valence-corrected chi connectivity index (χ2v) is 9.70. The molecule has 0 radical (unpaired) electrons. The molecule has 2 heterocycles. The number of hydrogen-bond acceptors (Lipinski definition) is 1. The third-order valence-electron chi connectivity index (χ3n) is 2.61. The van der Waals surface area contributed by atoms with Crippen molar-refractivity contribution in [1.29, 1.82) is 0 Å². The van der Waals surface area contributed by atoms with Crippen LogP contribution < -0.4 is 3.32 Å². The number of benzene rings is 1. The standard InChI is InChI=1S/C8H6N.C3H4O.In/c1-2-4-8-7(3-1)5-6-9-8;1-2-3-4;/h1-4,6,9H;1-2H,3H2;/q;-1;+1. The first kappa shape index (κ1) is 8.62. The van der Waals surface area contributed by atoms with Crippen molar-refractivity contribution < 1.29 is 2.85 Å². The molecule has 0 aliphatic carbocycles. The molecule has 0 saturated heterocycles. The van der Waals surface area contributed by atoms with Gasteiger partial charge in [-0.1, -0.05) is 0 Å². The van der Waals surface area contributed by atoms with Crippen LogP contribution >= 0.6 is 0 Å². The summed E-state index contributed by atoms with van der Waals surface area (Å²) >= 11 is -1.96. The Morgan fingerprint density at radius 1 is 1.29 bits per heavy atom. The van der Waals surface area contributed by atoms with Gasteiger partial charge in [0.25, 0.3) is 0 Å². The van der Waals surface area contributed by atoms with Gasteiger partial charge in [-0.05, 0) is 0 Å². The van der Waals surface area contributed by atoms with Gasteiger partial charge in [0, 0.05) is 0 Å². The van der Waals surface area contributed by atoms with E-state index in [2.05, 4.69) is 45.4 Å². The fraction of sp³-hybridized carbons (Fsp3) is 0.0909. The molecule has 0 saturated carbocycles. The van der Waals surface area contributed by atoms with Crippen molar-refractivity contribution in [2.75, 3.05) is 6.61 Å². The first-order chi connectivity index (χ1) is 6.95. The summed E-state index contributed by atoms with van der Waals surface area (Å²) in [6.45, 7) is 0.820. The number of H-pyrrole nitrogens is 1. The van der Waals surface area contributed by atoms with E-state index < -0.39 is 21.9 Å². The van der Waals surface area contributed by atoms with Crippen LogP contribution in [0.3, 0.4) is 0 Å². The molecule has 68 valence electrons. The Bertz CT molecular complexity index is 489. The van der Waals surface area contributed by atoms with E-state index >= 15 is 0 Å². The van der Waals surface area contributed by atoms with Crippen molar-refractivity contribution in [2.24, 2.45) is 0 Å². The molecular weight excluding hydrogens is 277 g/mol. The van der Waals surface area contributed by atoms with Crippen LogP contribution in [-0.2, 0) is 2.85 Å². The quantitative estimate of drug-likeness (QED) is 0.844. The molecule has 14 heavy (non-hydrogen) atoms. The fourth-order valence-corrected chi connectivity index (χ4v) is 7.57. The van der Waals surface area contributed by atoms with E-state index in [0.29, 0.717) is 0 Å². The summed E-state index contributed by atoms with van der Waals surface area (Å²) in [7, 11) is 0. The first-order valence-corrected chi connectivity index (χ1v) is 9.69. The number of fused-ring (bicyclic) bond motifs is 1. The molecule has 3 rings (SSSR count). The van der Waals surface area contributed by atoms with Crippen LogP contribution in [0.15, 0.2) is 40.4 Å². The number of aromatic amines is 1. The Kier molecular flexibility index (Phi) is 2.14. The van der Waals surface area contributed by atoms with Crippen LogP contribution in [0.1, 0.15) is 0 Å². The minimum atomic E-state index is -1.96.